The van der Waals surface area contributed by atoms with E-state index in [4.69, 9.17) is 9.47 Å². The highest BCUT2D eigenvalue weighted by Gasteiger charge is 2.75. The summed E-state index contributed by atoms with van der Waals surface area (Å²) in [5, 5.41) is 8.72. The maximum atomic E-state index is 13.0. The number of carbonyl (C=O) groups excluding carboxylic acids is 2. The first-order chi connectivity index (χ1) is 34.7. The summed E-state index contributed by atoms with van der Waals surface area (Å²) in [5.41, 5.74) is 4.46. The van der Waals surface area contributed by atoms with E-state index in [1.54, 1.807) is 0 Å². The van der Waals surface area contributed by atoms with Gasteiger partial charge in [-0.2, -0.15) is 0 Å². The molecule has 4 aliphatic carbocycles. The highest BCUT2D eigenvalue weighted by Crippen LogP contribution is 2.77. The number of carbonyl (C=O) groups is 2. The van der Waals surface area contributed by atoms with Crippen molar-refractivity contribution in [2.75, 3.05) is 10.6 Å². The Hall–Kier alpha value is -4.75. The number of hydrogen-bond donors (Lipinski definition) is 2. The zero-order valence-corrected chi connectivity index (χ0v) is 48.4. The summed E-state index contributed by atoms with van der Waals surface area (Å²) in [5.74, 6) is 0. The molecular formula is C62H74Br2N2O4Si2. The van der Waals surface area contributed by atoms with Crippen LogP contribution < -0.4 is 21.0 Å². The molecule has 0 unspecified atom stereocenters. The van der Waals surface area contributed by atoms with Gasteiger partial charge < -0.3 is 9.47 Å². The molecule has 6 aromatic carbocycles. The van der Waals surface area contributed by atoms with Crippen molar-refractivity contribution in [3.63, 3.8) is 0 Å². The Bertz CT molecular complexity index is 2520. The second-order valence-corrected chi connectivity index (χ2v) is 32.9. The third-order valence-electron chi connectivity index (χ3n) is 17.9. The maximum Gasteiger partial charge on any atom is 0.411 e. The molecule has 4 fully saturated rings. The second kappa shape index (κ2) is 22.8. The molecule has 2 amide bonds. The summed E-state index contributed by atoms with van der Waals surface area (Å²) in [6, 6.07) is 59.1. The molecule has 6 atom stereocenters. The fourth-order valence-electron chi connectivity index (χ4n) is 14.2. The van der Waals surface area contributed by atoms with Gasteiger partial charge in [-0.15, -0.1) is 0 Å². The van der Waals surface area contributed by atoms with Crippen molar-refractivity contribution >= 4 is 81.9 Å². The summed E-state index contributed by atoms with van der Waals surface area (Å²) in [4.78, 5) is 26.1. The normalized spacial score (nSPS) is 24.8. The minimum Gasteiger partial charge on any atom is -0.446 e. The summed E-state index contributed by atoms with van der Waals surface area (Å²) in [6.07, 6.45) is 13.1. The van der Waals surface area contributed by atoms with E-state index in [0.29, 0.717) is 0 Å². The number of halogens is 2. The van der Waals surface area contributed by atoms with Crippen molar-refractivity contribution in [3.8, 4) is 0 Å². The smallest absolute Gasteiger partial charge is 0.411 e. The van der Waals surface area contributed by atoms with Gasteiger partial charge in [0.15, 0.2) is 0 Å². The van der Waals surface area contributed by atoms with E-state index >= 15 is 0 Å². The zero-order valence-electron chi connectivity index (χ0n) is 43.2. The summed E-state index contributed by atoms with van der Waals surface area (Å²) in [6.45, 7) is 14.4. The molecular weight excluding hydrogens is 1050 g/mol. The van der Waals surface area contributed by atoms with Crippen LogP contribution in [0.1, 0.15) is 102 Å². The molecule has 378 valence electrons. The van der Waals surface area contributed by atoms with Crippen molar-refractivity contribution in [1.29, 1.82) is 0 Å². The topological polar surface area (TPSA) is 76.7 Å². The Balaban J connectivity index is 0.000000173. The van der Waals surface area contributed by atoms with Gasteiger partial charge in [0.05, 0.1) is 16.1 Å². The number of anilines is 2. The van der Waals surface area contributed by atoms with Crippen molar-refractivity contribution < 1.29 is 19.1 Å². The van der Waals surface area contributed by atoms with Gasteiger partial charge in [-0.3, -0.25) is 10.6 Å². The van der Waals surface area contributed by atoms with Gasteiger partial charge >= 0.3 is 12.2 Å². The number of hydrogen-bond acceptors (Lipinski definition) is 4. The Morgan fingerprint density at radius 2 is 0.792 bits per heavy atom. The minimum absolute atomic E-state index is 0.0280. The molecule has 10 rings (SSSR count). The molecule has 0 aliphatic heterocycles. The standard InChI is InChI=1S/2C28H30BrNO2Si.C6H14/c2*1-33(2,24-11-7-4-8-12-24)28-20-19-27(28,21-9-5-3-6-10-21)18-17-25(28)32-26(31)30-23-15-13-22(29)14-16-23;1-3-5-6-4-2/h2*3-16,25H,17-20H2,1-2H3,(H,30,31);3-6H2,1-2H3/t2*25-,27-,28+;/m10./s1. The molecule has 0 aromatic heterocycles. The van der Waals surface area contributed by atoms with Crippen molar-refractivity contribution in [2.45, 2.75) is 150 Å². The first-order valence-electron chi connectivity index (χ1n) is 26.4. The van der Waals surface area contributed by atoms with Crippen LogP contribution in [0.5, 0.6) is 0 Å². The molecule has 4 saturated carbocycles. The number of ether oxygens (including phenoxy) is 2. The predicted molar refractivity (Wildman–Crippen MR) is 312 cm³/mol. The van der Waals surface area contributed by atoms with Gasteiger partial charge in [-0.1, -0.05) is 229 Å². The van der Waals surface area contributed by atoms with E-state index in [9.17, 15) is 9.59 Å². The third kappa shape index (κ3) is 9.99. The largest absolute Gasteiger partial charge is 0.446 e. The fraction of sp³-hybridized carbons (Fsp3) is 0.387. The minimum atomic E-state index is -2.04. The molecule has 4 aliphatic rings. The van der Waals surface area contributed by atoms with Crippen LogP contribution in [0.15, 0.2) is 179 Å². The highest BCUT2D eigenvalue weighted by atomic mass is 79.9. The summed E-state index contributed by atoms with van der Waals surface area (Å²) in [7, 11) is -4.09. The average molecular weight is 1130 g/mol. The van der Waals surface area contributed by atoms with E-state index in [2.05, 4.69) is 204 Å². The van der Waals surface area contributed by atoms with Crippen LogP contribution >= 0.6 is 31.9 Å². The third-order valence-corrected chi connectivity index (χ3v) is 29.1. The number of nitrogens with one attached hydrogen (secondary N) is 2. The second-order valence-electron chi connectivity index (χ2n) is 21.7. The Morgan fingerprint density at radius 3 is 1.08 bits per heavy atom. The lowest BCUT2D eigenvalue weighted by molar-refractivity contribution is 0.0373. The monoisotopic (exact) mass is 1120 g/mol. The molecule has 6 nitrogen and oxygen atoms in total. The van der Waals surface area contributed by atoms with Crippen LogP contribution in [0, 0.1) is 0 Å². The fourth-order valence-corrected chi connectivity index (χ4v) is 24.5. The molecule has 0 bridgehead atoms. The first-order valence-corrected chi connectivity index (χ1v) is 34.0. The molecule has 0 saturated heterocycles. The number of benzene rings is 6. The Labute approximate surface area is 448 Å². The van der Waals surface area contributed by atoms with Crippen LogP contribution in [0.2, 0.25) is 36.3 Å². The summed E-state index contributed by atoms with van der Waals surface area (Å²) >= 11 is 6.89. The van der Waals surface area contributed by atoms with Crippen molar-refractivity contribution in [1.82, 2.24) is 0 Å². The van der Waals surface area contributed by atoms with Crippen LogP contribution in [-0.4, -0.2) is 40.5 Å². The van der Waals surface area contributed by atoms with E-state index < -0.39 is 16.1 Å². The average Bonchev–Trinajstić information content (AvgIpc) is 3.74. The number of amides is 2. The number of rotatable bonds is 13. The van der Waals surface area contributed by atoms with Gasteiger partial charge in [0, 0.05) is 41.2 Å². The van der Waals surface area contributed by atoms with Gasteiger partial charge in [-0.05, 0) is 111 Å². The van der Waals surface area contributed by atoms with Gasteiger partial charge in [0.1, 0.15) is 12.2 Å². The SMILES string of the molecule is CCCCCC.C[Si](C)(c1ccccc1)[C@@]12CC[C@]1(c1ccccc1)CC[C@@H]2OC(=O)Nc1ccc(Br)cc1.C[Si](C)(c1ccccc1)[C@]12CC[C@@]1(c1ccccc1)CC[C@H]2OC(=O)Nc1ccc(Br)cc1. The number of fused-ring (bicyclic) bond motifs is 2. The lowest BCUT2D eigenvalue weighted by atomic mass is 9.57. The van der Waals surface area contributed by atoms with E-state index in [0.717, 1.165) is 71.7 Å². The van der Waals surface area contributed by atoms with Crippen LogP contribution in [-0.2, 0) is 20.3 Å². The molecule has 10 heteroatoms. The van der Waals surface area contributed by atoms with Crippen LogP contribution in [0.4, 0.5) is 21.0 Å². The highest BCUT2D eigenvalue weighted by molar-refractivity contribution is 9.10. The zero-order chi connectivity index (χ0) is 51.0. The van der Waals surface area contributed by atoms with Crippen molar-refractivity contribution in [2.24, 2.45) is 0 Å². The molecule has 2 N–H and O–H groups in total. The van der Waals surface area contributed by atoms with E-state index in [1.165, 1.54) is 47.2 Å². The van der Waals surface area contributed by atoms with Gasteiger partial charge in [0.25, 0.3) is 0 Å². The van der Waals surface area contributed by atoms with E-state index in [1.807, 2.05) is 48.5 Å². The predicted octanol–water partition coefficient (Wildman–Crippen LogP) is 17.1. The van der Waals surface area contributed by atoms with Gasteiger partial charge in [-0.25, -0.2) is 9.59 Å². The number of unbranched alkanes of at least 4 members (excludes halogenated alkanes) is 3. The Morgan fingerprint density at radius 1 is 0.472 bits per heavy atom. The van der Waals surface area contributed by atoms with Crippen LogP contribution in [0.3, 0.4) is 0 Å². The Kier molecular flexibility index (Phi) is 16.9. The van der Waals surface area contributed by atoms with E-state index in [-0.39, 0.29) is 45.3 Å². The molecule has 0 spiro atoms. The quantitative estimate of drug-likeness (QED) is 0.0892. The lowest BCUT2D eigenvalue weighted by Crippen LogP contribution is -2.68. The lowest BCUT2D eigenvalue weighted by Gasteiger charge is -2.64. The van der Waals surface area contributed by atoms with Crippen LogP contribution in [0.25, 0.3) is 0 Å². The molecule has 6 aromatic rings. The van der Waals surface area contributed by atoms with Gasteiger partial charge in [0.2, 0.25) is 0 Å². The first kappa shape index (κ1) is 53.5. The summed E-state index contributed by atoms with van der Waals surface area (Å²) < 4.78 is 14.6. The molecule has 72 heavy (non-hydrogen) atoms. The van der Waals surface area contributed by atoms with Crippen molar-refractivity contribution in [3.05, 3.63) is 190 Å². The molecule has 0 heterocycles. The maximum absolute atomic E-state index is 13.0. The molecule has 0 radical (unpaired) electrons.